The minimum absolute atomic E-state index is 0.111. The SMILES string of the molecule is Cc1ccccc1C(=O)N1CCN(CCCc2ccccc2)[C@H](CCO)C1. The molecule has 1 aliphatic rings. The fraction of sp³-hybridized carbons (Fsp3) is 0.435. The Bertz CT molecular complexity index is 732. The molecule has 144 valence electrons. The van der Waals surface area contributed by atoms with Gasteiger partial charge >= 0.3 is 0 Å². The smallest absolute Gasteiger partial charge is 0.254 e. The van der Waals surface area contributed by atoms with Gasteiger partial charge in [0.25, 0.3) is 5.91 Å². The molecule has 1 heterocycles. The van der Waals surface area contributed by atoms with E-state index in [1.807, 2.05) is 42.2 Å². The highest BCUT2D eigenvalue weighted by atomic mass is 16.3. The zero-order valence-corrected chi connectivity index (χ0v) is 16.2. The summed E-state index contributed by atoms with van der Waals surface area (Å²) in [5.41, 5.74) is 3.17. The second-order valence-electron chi connectivity index (χ2n) is 7.36. The Hall–Kier alpha value is -2.17. The Morgan fingerprint density at radius 3 is 2.56 bits per heavy atom. The molecule has 27 heavy (non-hydrogen) atoms. The molecule has 0 spiro atoms. The highest BCUT2D eigenvalue weighted by Gasteiger charge is 2.29. The molecule has 0 aromatic heterocycles. The van der Waals surface area contributed by atoms with Gasteiger partial charge in [-0.1, -0.05) is 48.5 Å². The number of benzene rings is 2. The maximum absolute atomic E-state index is 12.9. The average Bonchev–Trinajstić information content (AvgIpc) is 2.70. The summed E-state index contributed by atoms with van der Waals surface area (Å²) in [6.07, 6.45) is 2.87. The molecule has 0 saturated carbocycles. The van der Waals surface area contributed by atoms with Gasteiger partial charge in [0.05, 0.1) is 0 Å². The van der Waals surface area contributed by atoms with Crippen LogP contribution in [0, 0.1) is 6.92 Å². The van der Waals surface area contributed by atoms with Crippen molar-refractivity contribution in [1.29, 1.82) is 0 Å². The van der Waals surface area contributed by atoms with Gasteiger partial charge in [-0.25, -0.2) is 0 Å². The van der Waals surface area contributed by atoms with Gasteiger partial charge in [-0.05, 0) is 49.9 Å². The van der Waals surface area contributed by atoms with Crippen molar-refractivity contribution in [2.24, 2.45) is 0 Å². The summed E-state index contributed by atoms with van der Waals surface area (Å²) >= 11 is 0. The molecular weight excluding hydrogens is 336 g/mol. The van der Waals surface area contributed by atoms with E-state index in [9.17, 15) is 9.90 Å². The predicted octanol–water partition coefficient (Wildman–Crippen LogP) is 3.14. The van der Waals surface area contributed by atoms with E-state index in [1.54, 1.807) is 0 Å². The molecule has 1 fully saturated rings. The Morgan fingerprint density at radius 1 is 1.07 bits per heavy atom. The summed E-state index contributed by atoms with van der Waals surface area (Å²) in [6.45, 7) is 5.47. The number of aliphatic hydroxyl groups excluding tert-OH is 1. The summed E-state index contributed by atoms with van der Waals surface area (Å²) in [7, 11) is 0. The van der Waals surface area contributed by atoms with Crippen LogP contribution in [0.3, 0.4) is 0 Å². The van der Waals surface area contributed by atoms with Gasteiger partial charge < -0.3 is 10.0 Å². The number of hydrogen-bond acceptors (Lipinski definition) is 3. The molecule has 1 aliphatic heterocycles. The average molecular weight is 367 g/mol. The number of rotatable bonds is 7. The van der Waals surface area contributed by atoms with E-state index in [2.05, 4.69) is 29.2 Å². The van der Waals surface area contributed by atoms with E-state index >= 15 is 0 Å². The molecule has 0 radical (unpaired) electrons. The van der Waals surface area contributed by atoms with Crippen molar-refractivity contribution in [3.8, 4) is 0 Å². The van der Waals surface area contributed by atoms with Crippen LogP contribution in [0.2, 0.25) is 0 Å². The first-order chi connectivity index (χ1) is 13.2. The third-order valence-corrected chi connectivity index (χ3v) is 5.48. The van der Waals surface area contributed by atoms with Crippen LogP contribution in [-0.2, 0) is 6.42 Å². The zero-order chi connectivity index (χ0) is 19.1. The van der Waals surface area contributed by atoms with E-state index in [1.165, 1.54) is 5.56 Å². The number of aliphatic hydroxyl groups is 1. The lowest BCUT2D eigenvalue weighted by molar-refractivity contribution is 0.0418. The molecule has 1 saturated heterocycles. The monoisotopic (exact) mass is 366 g/mol. The minimum atomic E-state index is 0.111. The van der Waals surface area contributed by atoms with E-state index in [-0.39, 0.29) is 18.6 Å². The molecule has 1 amide bonds. The number of amides is 1. The number of nitrogens with zero attached hydrogens (tertiary/aromatic N) is 2. The lowest BCUT2D eigenvalue weighted by Gasteiger charge is -2.41. The van der Waals surface area contributed by atoms with Crippen molar-refractivity contribution in [3.05, 3.63) is 71.3 Å². The van der Waals surface area contributed by atoms with Crippen LogP contribution in [0.1, 0.15) is 34.3 Å². The van der Waals surface area contributed by atoms with Crippen molar-refractivity contribution in [2.45, 2.75) is 32.2 Å². The minimum Gasteiger partial charge on any atom is -0.396 e. The zero-order valence-electron chi connectivity index (χ0n) is 16.2. The molecule has 4 heteroatoms. The van der Waals surface area contributed by atoms with Gasteiger partial charge in [-0.2, -0.15) is 0 Å². The van der Waals surface area contributed by atoms with Crippen molar-refractivity contribution < 1.29 is 9.90 Å². The second-order valence-corrected chi connectivity index (χ2v) is 7.36. The topological polar surface area (TPSA) is 43.8 Å². The number of carbonyl (C=O) groups excluding carboxylic acids is 1. The second kappa shape index (κ2) is 9.67. The lowest BCUT2D eigenvalue weighted by Crippen LogP contribution is -2.55. The third kappa shape index (κ3) is 5.18. The van der Waals surface area contributed by atoms with Crippen LogP contribution >= 0.6 is 0 Å². The molecule has 0 unspecified atom stereocenters. The number of aryl methyl sites for hydroxylation is 2. The molecule has 0 aliphatic carbocycles. The van der Waals surface area contributed by atoms with Crippen molar-refractivity contribution in [1.82, 2.24) is 9.80 Å². The Morgan fingerprint density at radius 2 is 1.81 bits per heavy atom. The van der Waals surface area contributed by atoms with Gasteiger partial charge in [-0.15, -0.1) is 0 Å². The Kier molecular flexibility index (Phi) is 7.02. The summed E-state index contributed by atoms with van der Waals surface area (Å²) in [5.74, 6) is 0.111. The number of hydrogen-bond donors (Lipinski definition) is 1. The van der Waals surface area contributed by atoms with Gasteiger partial charge in [0.2, 0.25) is 0 Å². The maximum atomic E-state index is 12.9. The largest absolute Gasteiger partial charge is 0.396 e. The summed E-state index contributed by atoms with van der Waals surface area (Å²) in [5, 5.41) is 9.50. The summed E-state index contributed by atoms with van der Waals surface area (Å²) < 4.78 is 0. The van der Waals surface area contributed by atoms with E-state index in [4.69, 9.17) is 0 Å². The van der Waals surface area contributed by atoms with Crippen LogP contribution in [0.25, 0.3) is 0 Å². The highest BCUT2D eigenvalue weighted by molar-refractivity contribution is 5.95. The Labute approximate surface area is 162 Å². The van der Waals surface area contributed by atoms with Gasteiger partial charge in [-0.3, -0.25) is 9.69 Å². The first kappa shape index (κ1) is 19.6. The number of carbonyl (C=O) groups is 1. The lowest BCUT2D eigenvalue weighted by atomic mass is 10.0. The van der Waals surface area contributed by atoms with Crippen molar-refractivity contribution >= 4 is 5.91 Å². The molecule has 1 N–H and O–H groups in total. The Balaban J connectivity index is 1.58. The normalized spacial score (nSPS) is 17.9. The predicted molar refractivity (Wildman–Crippen MR) is 109 cm³/mol. The van der Waals surface area contributed by atoms with Crippen molar-refractivity contribution in [3.63, 3.8) is 0 Å². The molecule has 4 nitrogen and oxygen atoms in total. The van der Waals surface area contributed by atoms with Crippen LogP contribution in [0.4, 0.5) is 0 Å². The van der Waals surface area contributed by atoms with Crippen LogP contribution in [0.5, 0.6) is 0 Å². The molecule has 0 bridgehead atoms. The molecule has 1 atom stereocenters. The molecule has 2 aromatic carbocycles. The standard InChI is InChI=1S/C23H30N2O2/c1-19-8-5-6-12-22(19)23(27)25-16-15-24(21(18-25)13-17-26)14-7-11-20-9-3-2-4-10-20/h2-6,8-10,12,21,26H,7,11,13-18H2,1H3/t21-/m1/s1. The van der Waals surface area contributed by atoms with Crippen LogP contribution in [-0.4, -0.2) is 59.6 Å². The fourth-order valence-corrected chi connectivity index (χ4v) is 3.91. The number of piperazine rings is 1. The van der Waals surface area contributed by atoms with Crippen molar-refractivity contribution in [2.75, 3.05) is 32.8 Å². The van der Waals surface area contributed by atoms with Crippen LogP contribution in [0.15, 0.2) is 54.6 Å². The molecular formula is C23H30N2O2. The van der Waals surface area contributed by atoms with E-state index in [0.29, 0.717) is 13.0 Å². The maximum Gasteiger partial charge on any atom is 0.254 e. The highest BCUT2D eigenvalue weighted by Crippen LogP contribution is 2.18. The molecule has 3 rings (SSSR count). The fourth-order valence-electron chi connectivity index (χ4n) is 3.91. The first-order valence-electron chi connectivity index (χ1n) is 9.93. The van der Waals surface area contributed by atoms with Gasteiger partial charge in [0.1, 0.15) is 0 Å². The summed E-state index contributed by atoms with van der Waals surface area (Å²) in [6, 6.07) is 18.6. The third-order valence-electron chi connectivity index (χ3n) is 5.48. The van der Waals surface area contributed by atoms with Gasteiger partial charge in [0, 0.05) is 37.8 Å². The quantitative estimate of drug-likeness (QED) is 0.819. The van der Waals surface area contributed by atoms with Gasteiger partial charge in [0.15, 0.2) is 0 Å². The first-order valence-corrected chi connectivity index (χ1v) is 9.93. The van der Waals surface area contributed by atoms with Crippen LogP contribution < -0.4 is 0 Å². The summed E-state index contributed by atoms with van der Waals surface area (Å²) in [4.78, 5) is 17.3. The van der Waals surface area contributed by atoms with E-state index in [0.717, 1.165) is 43.6 Å². The molecule has 2 aromatic rings. The van der Waals surface area contributed by atoms with E-state index < -0.39 is 0 Å².